The van der Waals surface area contributed by atoms with E-state index >= 15 is 0 Å². The number of aromatic hydroxyl groups is 2. The number of nitrogens with one attached hydrogen (secondary N) is 5. The smallest absolute Gasteiger partial charge is 0.243 e. The van der Waals surface area contributed by atoms with Gasteiger partial charge in [0.25, 0.3) is 0 Å². The number of aromatic nitrogens is 1. The molecule has 15 heteroatoms. The second kappa shape index (κ2) is 23.4. The number of hydrogen-bond acceptors (Lipinski definition) is 9. The first-order valence-electron chi connectivity index (χ1n) is 19.7. The third-order valence-corrected chi connectivity index (χ3v) is 9.76. The molecule has 15 nitrogen and oxygen atoms in total. The number of unbranched alkanes of at least 4 members (excludes halogenated alkanes) is 4. The van der Waals surface area contributed by atoms with Crippen molar-refractivity contribution in [2.24, 2.45) is 22.2 Å². The maximum atomic E-state index is 14.2. The Morgan fingerprint density at radius 3 is 1.93 bits per heavy atom. The number of carbonyl (C=O) groups is 3. The molecule has 0 aliphatic heterocycles. The van der Waals surface area contributed by atoms with Crippen molar-refractivity contribution in [1.29, 1.82) is 0 Å². The quantitative estimate of drug-likeness (QED) is 0.0264. The molecule has 308 valence electrons. The molecule has 0 aliphatic carbocycles. The summed E-state index contributed by atoms with van der Waals surface area (Å²) in [6.45, 7) is 1.17. The molecular formula is C42H59N9O6. The standard InChI is InChI=1S/C42H59N9O6/c43-20-6-5-11-36(39(55)49-31(27-52)25-30-26-48-35-10-4-3-9-34(30)35)50-41(57)38(24-29-14-18-33(54)19-15-29)51-40(56)37(23-28-12-16-32(53)17-13-28)46-21-7-1-2-8-22-47-42(44)45/h3-4,9-10,12-19,26,31,36-38,46,48,52-54H,1-2,5-8,11,20-25,27,43H2,(H,49,55)(H,50,57)(H,51,56)(H4,44,45,47)/t31-,36-,37-,38-/m0/s1. The minimum Gasteiger partial charge on any atom is -0.508 e. The molecule has 4 rings (SSSR count). The Morgan fingerprint density at radius 2 is 1.28 bits per heavy atom. The first-order chi connectivity index (χ1) is 27.6. The van der Waals surface area contributed by atoms with Crippen LogP contribution in [0, 0.1) is 0 Å². The van der Waals surface area contributed by atoms with Gasteiger partial charge in [-0.15, -0.1) is 0 Å². The van der Waals surface area contributed by atoms with Crippen molar-refractivity contribution in [3.8, 4) is 11.5 Å². The molecule has 0 aliphatic rings. The second-order valence-corrected chi connectivity index (χ2v) is 14.3. The highest BCUT2D eigenvalue weighted by Crippen LogP contribution is 2.20. The Morgan fingerprint density at radius 1 is 0.684 bits per heavy atom. The van der Waals surface area contributed by atoms with Gasteiger partial charge in [-0.2, -0.15) is 0 Å². The summed E-state index contributed by atoms with van der Waals surface area (Å²) in [5.74, 6) is -1.22. The zero-order chi connectivity index (χ0) is 41.0. The molecule has 0 bridgehead atoms. The Bertz CT molecular complexity index is 1860. The number of guanidine groups is 1. The summed E-state index contributed by atoms with van der Waals surface area (Å²) in [7, 11) is 0. The molecule has 1 heterocycles. The number of hydrogen-bond donors (Lipinski definition) is 11. The van der Waals surface area contributed by atoms with Gasteiger partial charge in [0.2, 0.25) is 17.7 Å². The third-order valence-electron chi connectivity index (χ3n) is 9.76. The number of amides is 3. The van der Waals surface area contributed by atoms with E-state index in [4.69, 9.17) is 17.2 Å². The van der Waals surface area contributed by atoms with E-state index in [1.165, 1.54) is 12.1 Å². The molecule has 3 aromatic carbocycles. The number of rotatable bonds is 25. The van der Waals surface area contributed by atoms with Crippen molar-refractivity contribution in [2.75, 3.05) is 26.2 Å². The topological polar surface area (TPSA) is 266 Å². The number of aliphatic hydroxyl groups is 1. The molecule has 4 aromatic rings. The first-order valence-corrected chi connectivity index (χ1v) is 19.7. The van der Waals surface area contributed by atoms with Gasteiger partial charge in [0.15, 0.2) is 5.96 Å². The molecule has 0 saturated carbocycles. The van der Waals surface area contributed by atoms with E-state index < -0.39 is 41.9 Å². The normalized spacial score (nSPS) is 13.3. The molecule has 0 unspecified atom stereocenters. The predicted molar refractivity (Wildman–Crippen MR) is 222 cm³/mol. The number of carbonyl (C=O) groups excluding carboxylic acids is 3. The summed E-state index contributed by atoms with van der Waals surface area (Å²) >= 11 is 0. The Hall–Kier alpha value is -5.64. The Labute approximate surface area is 333 Å². The van der Waals surface area contributed by atoms with Crippen molar-refractivity contribution >= 4 is 34.6 Å². The summed E-state index contributed by atoms with van der Waals surface area (Å²) in [5, 5.41) is 43.1. The average Bonchev–Trinajstić information content (AvgIpc) is 3.61. The van der Waals surface area contributed by atoms with Crippen LogP contribution in [-0.4, -0.2) is 94.4 Å². The minimum absolute atomic E-state index is 0.0564. The molecule has 1 aromatic heterocycles. The van der Waals surface area contributed by atoms with Gasteiger partial charge in [0.1, 0.15) is 23.6 Å². The van der Waals surface area contributed by atoms with Crippen LogP contribution >= 0.6 is 0 Å². The maximum absolute atomic E-state index is 14.2. The van der Waals surface area contributed by atoms with Crippen LogP contribution in [0.2, 0.25) is 0 Å². The van der Waals surface area contributed by atoms with Crippen molar-refractivity contribution < 1.29 is 29.7 Å². The number of nitrogens with two attached hydrogens (primary N) is 3. The van der Waals surface area contributed by atoms with Crippen molar-refractivity contribution in [2.45, 2.75) is 88.4 Å². The number of phenolic OH excluding ortho intramolecular Hbond substituents is 2. The lowest BCUT2D eigenvalue weighted by Gasteiger charge is -2.27. The number of aromatic amines is 1. The van der Waals surface area contributed by atoms with Gasteiger partial charge < -0.3 is 58.8 Å². The Kier molecular flexibility index (Phi) is 18.1. The van der Waals surface area contributed by atoms with Crippen LogP contribution in [0.25, 0.3) is 10.9 Å². The lowest BCUT2D eigenvalue weighted by atomic mass is 10.0. The highest BCUT2D eigenvalue weighted by atomic mass is 16.3. The van der Waals surface area contributed by atoms with Crippen LogP contribution in [0.3, 0.4) is 0 Å². The number of H-pyrrole nitrogens is 1. The molecule has 0 radical (unpaired) electrons. The van der Waals surface area contributed by atoms with E-state index in [2.05, 4.69) is 31.2 Å². The van der Waals surface area contributed by atoms with Crippen molar-refractivity contribution in [3.05, 3.63) is 95.7 Å². The molecule has 0 spiro atoms. The van der Waals surface area contributed by atoms with Crippen LogP contribution < -0.4 is 38.5 Å². The molecular weight excluding hydrogens is 727 g/mol. The van der Waals surface area contributed by atoms with Crippen molar-refractivity contribution in [1.82, 2.24) is 26.3 Å². The van der Waals surface area contributed by atoms with Gasteiger partial charge in [-0.3, -0.25) is 19.4 Å². The molecule has 14 N–H and O–H groups in total. The minimum atomic E-state index is -1.09. The number of phenols is 2. The molecule has 0 saturated heterocycles. The number of nitrogens with zero attached hydrogens (tertiary/aromatic N) is 1. The van der Waals surface area contributed by atoms with E-state index in [9.17, 15) is 29.7 Å². The molecule has 3 amide bonds. The maximum Gasteiger partial charge on any atom is 0.243 e. The van der Waals surface area contributed by atoms with Crippen LogP contribution in [-0.2, 0) is 33.6 Å². The van der Waals surface area contributed by atoms with Crippen LogP contribution in [0.4, 0.5) is 0 Å². The van der Waals surface area contributed by atoms with Gasteiger partial charge in [-0.1, -0.05) is 55.3 Å². The van der Waals surface area contributed by atoms with Crippen LogP contribution in [0.5, 0.6) is 11.5 Å². The first kappa shape index (κ1) is 44.1. The lowest BCUT2D eigenvalue weighted by molar-refractivity contribution is -0.133. The number of para-hydroxylation sites is 1. The van der Waals surface area contributed by atoms with E-state index in [0.29, 0.717) is 44.5 Å². The van der Waals surface area contributed by atoms with Crippen molar-refractivity contribution in [3.63, 3.8) is 0 Å². The second-order valence-electron chi connectivity index (χ2n) is 14.3. The van der Waals surface area contributed by atoms with E-state index in [1.54, 1.807) is 36.4 Å². The molecule has 0 fully saturated rings. The monoisotopic (exact) mass is 785 g/mol. The molecule has 4 atom stereocenters. The van der Waals surface area contributed by atoms with Crippen LogP contribution in [0.1, 0.15) is 61.6 Å². The SMILES string of the molecule is NCCCC[C@H](NC(=O)[C@H](Cc1ccc(O)cc1)NC(=O)[C@H](Cc1ccc(O)cc1)NCCCCCCN=C(N)N)C(=O)N[C@H](CO)Cc1c[nH]c2ccccc12. The largest absolute Gasteiger partial charge is 0.508 e. The Balaban J connectivity index is 1.50. The average molecular weight is 786 g/mol. The fraction of sp³-hybridized carbons (Fsp3) is 0.429. The number of fused-ring (bicyclic) bond motifs is 1. The summed E-state index contributed by atoms with van der Waals surface area (Å²) < 4.78 is 0. The van der Waals surface area contributed by atoms with E-state index in [1.807, 2.05) is 30.5 Å². The fourth-order valence-corrected chi connectivity index (χ4v) is 6.61. The van der Waals surface area contributed by atoms with Gasteiger partial charge in [-0.05, 0) is 105 Å². The summed E-state index contributed by atoms with van der Waals surface area (Å²) in [6, 6.07) is 17.3. The lowest BCUT2D eigenvalue weighted by Crippen LogP contribution is -2.58. The van der Waals surface area contributed by atoms with Gasteiger partial charge >= 0.3 is 0 Å². The summed E-state index contributed by atoms with van der Waals surface area (Å²) in [4.78, 5) is 49.4. The number of aliphatic hydroxyl groups excluding tert-OH is 1. The molecule has 57 heavy (non-hydrogen) atoms. The third kappa shape index (κ3) is 15.1. The highest BCUT2D eigenvalue weighted by molar-refractivity contribution is 5.93. The summed E-state index contributed by atoms with van der Waals surface area (Å²) in [6.07, 6.45) is 7.48. The van der Waals surface area contributed by atoms with Crippen LogP contribution in [0.15, 0.2) is 84.0 Å². The highest BCUT2D eigenvalue weighted by Gasteiger charge is 2.30. The summed E-state index contributed by atoms with van der Waals surface area (Å²) in [5.41, 5.74) is 19.9. The fourth-order valence-electron chi connectivity index (χ4n) is 6.61. The van der Waals surface area contributed by atoms with E-state index in [0.717, 1.165) is 47.7 Å². The predicted octanol–water partition coefficient (Wildman–Crippen LogP) is 1.97. The number of benzene rings is 3. The van der Waals surface area contributed by atoms with Gasteiger partial charge in [0, 0.05) is 30.1 Å². The zero-order valence-electron chi connectivity index (χ0n) is 32.5. The van der Waals surface area contributed by atoms with Gasteiger partial charge in [-0.25, -0.2) is 0 Å². The van der Waals surface area contributed by atoms with E-state index in [-0.39, 0.29) is 43.3 Å². The number of aliphatic imine (C=N–C) groups is 1. The zero-order valence-corrected chi connectivity index (χ0v) is 32.5. The van der Waals surface area contributed by atoms with Gasteiger partial charge in [0.05, 0.1) is 18.7 Å².